The molecule has 1 aromatic heterocycles. The molecule has 0 atom stereocenters. The van der Waals surface area contributed by atoms with Crippen LogP contribution in [0.25, 0.3) is 5.57 Å². The van der Waals surface area contributed by atoms with Crippen LogP contribution in [0.3, 0.4) is 0 Å². The molecular weight excluding hydrogens is 422 g/mol. The molecule has 1 aliphatic carbocycles. The van der Waals surface area contributed by atoms with Gasteiger partial charge in [0.1, 0.15) is 0 Å². The number of halogens is 1. The van der Waals surface area contributed by atoms with Gasteiger partial charge in [-0.1, -0.05) is 48.0 Å². The number of aryl methyl sites for hydroxylation is 1. The third kappa shape index (κ3) is 4.68. The lowest BCUT2D eigenvalue weighted by atomic mass is 9.87. The van der Waals surface area contributed by atoms with Crippen LogP contribution >= 0.6 is 11.6 Å². The number of carbonyl (C=O) groups excluding carboxylic acids is 1. The fourth-order valence-electron chi connectivity index (χ4n) is 4.57. The summed E-state index contributed by atoms with van der Waals surface area (Å²) in [6.45, 7) is 5.14. The zero-order valence-corrected chi connectivity index (χ0v) is 18.7. The Morgan fingerprint density at radius 3 is 2.72 bits per heavy atom. The lowest BCUT2D eigenvalue weighted by molar-refractivity contribution is -0.736. The number of amides is 1. The van der Waals surface area contributed by atoms with E-state index < -0.39 is 0 Å². The number of benzene rings is 1. The van der Waals surface area contributed by atoms with E-state index in [1.165, 1.54) is 5.57 Å². The van der Waals surface area contributed by atoms with Crippen LogP contribution in [0.2, 0.25) is 5.02 Å². The molecule has 2 heterocycles. The lowest BCUT2D eigenvalue weighted by Crippen LogP contribution is -2.69. The Labute approximate surface area is 193 Å². The van der Waals surface area contributed by atoms with Crippen LogP contribution in [-0.4, -0.2) is 39.8 Å². The molecule has 164 valence electrons. The number of hydrogen-bond donors (Lipinski definition) is 2. The fraction of sp³-hybridized carbons (Fsp3) is 0.269. The van der Waals surface area contributed by atoms with Gasteiger partial charge in [-0.25, -0.2) is 0 Å². The Bertz CT molecular complexity index is 1110. The number of likely N-dealkylation sites (tertiary alicyclic amines) is 1. The summed E-state index contributed by atoms with van der Waals surface area (Å²) >= 11 is 6.28. The van der Waals surface area contributed by atoms with E-state index in [0.29, 0.717) is 24.5 Å². The smallest absolute Gasteiger partial charge is 0.258 e. The molecular formula is C26H27ClN3O2+. The highest BCUT2D eigenvalue weighted by atomic mass is 35.5. The van der Waals surface area contributed by atoms with Gasteiger partial charge in [0.15, 0.2) is 0 Å². The molecule has 2 aliphatic rings. The Morgan fingerprint density at radius 1 is 1.22 bits per heavy atom. The second-order valence-corrected chi connectivity index (χ2v) is 8.55. The monoisotopic (exact) mass is 448 g/mol. The normalized spacial score (nSPS) is 19.1. The van der Waals surface area contributed by atoms with Crippen molar-refractivity contribution in [1.29, 1.82) is 0 Å². The first-order chi connectivity index (χ1) is 15.6. The minimum Gasteiger partial charge on any atom is -0.342 e. The van der Waals surface area contributed by atoms with Crippen molar-refractivity contribution >= 4 is 28.8 Å². The van der Waals surface area contributed by atoms with E-state index in [1.807, 2.05) is 41.3 Å². The van der Waals surface area contributed by atoms with Crippen LogP contribution in [0.15, 0.2) is 72.6 Å². The first-order valence-corrected chi connectivity index (χ1v) is 11.3. The second-order valence-electron chi connectivity index (χ2n) is 8.11. The Hall–Kier alpha value is -3.18. The molecule has 0 saturated carbocycles. The summed E-state index contributed by atoms with van der Waals surface area (Å²) in [5.41, 5.74) is 7.15. The number of rotatable bonds is 3. The zero-order chi connectivity index (χ0) is 22.5. The first kappa shape index (κ1) is 22.0. The molecule has 1 amide bonds. The van der Waals surface area contributed by atoms with E-state index in [1.54, 1.807) is 18.5 Å². The largest absolute Gasteiger partial charge is 0.342 e. The van der Waals surface area contributed by atoms with Crippen LogP contribution in [0.5, 0.6) is 0 Å². The van der Waals surface area contributed by atoms with Gasteiger partial charge in [-0.05, 0) is 65.7 Å². The Balaban J connectivity index is 1.64. The number of nitrogens with one attached hydrogen (secondary N) is 1. The second kappa shape index (κ2) is 9.96. The van der Waals surface area contributed by atoms with Crippen LogP contribution in [-0.2, 0) is 17.6 Å². The Morgan fingerprint density at radius 2 is 2.03 bits per heavy atom. The predicted octanol–water partition coefficient (Wildman–Crippen LogP) is 3.32. The molecule has 1 saturated heterocycles. The number of allylic oxidation sites excluding steroid dienone is 4. The third-order valence-electron chi connectivity index (χ3n) is 6.15. The maximum Gasteiger partial charge on any atom is 0.258 e. The number of carbonyl (C=O) groups is 1. The van der Waals surface area contributed by atoms with Gasteiger partial charge in [-0.15, -0.1) is 0 Å². The standard InChI is InChI=1S/C26H26ClN3O2/c1-2-4-20-6-7-21-16-22(27)8-9-23(21)25(26(20)29-32)19-10-13-30(14-11-19)24(31)15-18-5-3-12-28-17-18/h2-5,8-9,12,16-17,32H,1,6-7,10-11,13-15H2/p+1/b20-4-,29-26-. The number of hydrogen-bond acceptors (Lipinski definition) is 3. The predicted molar refractivity (Wildman–Crippen MR) is 126 cm³/mol. The van der Waals surface area contributed by atoms with Crippen LogP contribution in [0.1, 0.15) is 36.0 Å². The summed E-state index contributed by atoms with van der Waals surface area (Å²) in [5, 5.41) is 13.3. The van der Waals surface area contributed by atoms with Crippen molar-refractivity contribution in [3.05, 3.63) is 94.3 Å². The van der Waals surface area contributed by atoms with Gasteiger partial charge in [0, 0.05) is 36.1 Å². The fourth-order valence-corrected chi connectivity index (χ4v) is 4.77. The van der Waals surface area contributed by atoms with Crippen molar-refractivity contribution in [2.24, 2.45) is 0 Å². The molecule has 2 aromatic rings. The zero-order valence-electron chi connectivity index (χ0n) is 18.0. The highest BCUT2D eigenvalue weighted by Gasteiger charge is 2.31. The topological polar surface area (TPSA) is 67.4 Å². The minimum atomic E-state index is 0.117. The summed E-state index contributed by atoms with van der Waals surface area (Å²) in [6, 6.07) is 9.72. The van der Waals surface area contributed by atoms with Gasteiger partial charge < -0.3 is 4.90 Å². The molecule has 4 rings (SSSR count). The lowest BCUT2D eigenvalue weighted by Gasteiger charge is -2.30. The molecule has 1 aliphatic heterocycles. The van der Waals surface area contributed by atoms with Gasteiger partial charge in [-0.2, -0.15) is 0 Å². The average molecular weight is 449 g/mol. The van der Waals surface area contributed by atoms with Crippen molar-refractivity contribution in [1.82, 2.24) is 9.88 Å². The van der Waals surface area contributed by atoms with Gasteiger partial charge in [0.25, 0.3) is 5.71 Å². The summed E-state index contributed by atoms with van der Waals surface area (Å²) in [4.78, 5) is 18.8. The van der Waals surface area contributed by atoms with Crippen LogP contribution in [0, 0.1) is 0 Å². The molecule has 0 unspecified atom stereocenters. The molecule has 1 aromatic carbocycles. The molecule has 1 fully saturated rings. The van der Waals surface area contributed by atoms with E-state index in [-0.39, 0.29) is 5.91 Å². The van der Waals surface area contributed by atoms with Crippen molar-refractivity contribution in [2.75, 3.05) is 13.1 Å². The average Bonchev–Trinajstić information content (AvgIpc) is 2.96. The molecule has 32 heavy (non-hydrogen) atoms. The highest BCUT2D eigenvalue weighted by Crippen LogP contribution is 2.36. The van der Waals surface area contributed by atoms with Crippen molar-refractivity contribution in [2.45, 2.75) is 32.1 Å². The van der Waals surface area contributed by atoms with E-state index >= 15 is 0 Å². The Kier molecular flexibility index (Phi) is 6.86. The first-order valence-electron chi connectivity index (χ1n) is 10.9. The maximum atomic E-state index is 12.8. The van der Waals surface area contributed by atoms with Crippen molar-refractivity contribution in [3.63, 3.8) is 0 Å². The summed E-state index contributed by atoms with van der Waals surface area (Å²) in [7, 11) is 0. The summed E-state index contributed by atoms with van der Waals surface area (Å²) < 4.78 is 0. The molecule has 2 N–H and O–H groups in total. The number of aromatic nitrogens is 1. The number of piperidine rings is 1. The summed E-state index contributed by atoms with van der Waals surface area (Å²) in [6.07, 6.45) is 10.6. The van der Waals surface area contributed by atoms with E-state index in [2.05, 4.69) is 16.7 Å². The molecule has 5 nitrogen and oxygen atoms in total. The van der Waals surface area contributed by atoms with Gasteiger partial charge in [-0.3, -0.25) is 15.0 Å². The van der Waals surface area contributed by atoms with E-state index in [9.17, 15) is 10.0 Å². The van der Waals surface area contributed by atoms with Gasteiger partial charge in [0.2, 0.25) is 5.91 Å². The maximum absolute atomic E-state index is 12.8. The van der Waals surface area contributed by atoms with E-state index in [4.69, 9.17) is 11.6 Å². The minimum absolute atomic E-state index is 0.117. The number of fused-ring (bicyclic) bond motifs is 1. The third-order valence-corrected chi connectivity index (χ3v) is 6.39. The highest BCUT2D eigenvalue weighted by molar-refractivity contribution is 6.32. The van der Waals surface area contributed by atoms with Crippen molar-refractivity contribution in [3.8, 4) is 0 Å². The quantitative estimate of drug-likeness (QED) is 0.430. The van der Waals surface area contributed by atoms with Gasteiger partial charge in [0.05, 0.1) is 12.0 Å². The van der Waals surface area contributed by atoms with Crippen LogP contribution in [0.4, 0.5) is 0 Å². The van der Waals surface area contributed by atoms with Crippen molar-refractivity contribution < 1.29 is 15.2 Å². The SMILES string of the molecule is C=C/C=C1/CCc2cc(Cl)ccc2C(=C2CCN(C(=O)Cc3cccnc3)CC2)/C1=[NH+]\O. The molecule has 0 bridgehead atoms. The number of nitrogens with zero attached hydrogens (tertiary/aromatic N) is 2. The van der Waals surface area contributed by atoms with Crippen LogP contribution < -0.4 is 5.16 Å². The van der Waals surface area contributed by atoms with Gasteiger partial charge >= 0.3 is 0 Å². The molecule has 0 spiro atoms. The summed E-state index contributed by atoms with van der Waals surface area (Å²) in [5.74, 6) is 0.117. The van der Waals surface area contributed by atoms with E-state index in [0.717, 1.165) is 59.2 Å². The molecule has 6 heteroatoms. The molecule has 0 radical (unpaired) electrons. The number of pyridine rings is 1.